The number of amides is 1. The lowest BCUT2D eigenvalue weighted by atomic mass is 10.0. The highest BCUT2D eigenvalue weighted by Gasteiger charge is 2.18. The van der Waals surface area contributed by atoms with Crippen LogP contribution in [0.2, 0.25) is 10.0 Å². The quantitative estimate of drug-likeness (QED) is 0.148. The zero-order valence-corrected chi connectivity index (χ0v) is 22.8. The van der Waals surface area contributed by atoms with E-state index in [1.165, 1.54) is 36.7 Å². The molecular weight excluding hydrogens is 539 g/mol. The van der Waals surface area contributed by atoms with Crippen LogP contribution in [0.1, 0.15) is 34.8 Å². The molecule has 11 heteroatoms. The third-order valence-electron chi connectivity index (χ3n) is 5.29. The number of thiazole rings is 1. The molecule has 0 spiro atoms. The van der Waals surface area contributed by atoms with Gasteiger partial charge in [-0.3, -0.25) is 10.1 Å². The molecule has 0 unspecified atom stereocenters. The Morgan fingerprint density at radius 2 is 1.92 bits per heavy atom. The number of carbonyl (C=O) groups is 2. The van der Waals surface area contributed by atoms with Crippen molar-refractivity contribution < 1.29 is 28.9 Å². The van der Waals surface area contributed by atoms with E-state index in [4.69, 9.17) is 42.5 Å². The van der Waals surface area contributed by atoms with Crippen molar-refractivity contribution in [2.45, 2.75) is 19.8 Å². The molecule has 0 saturated carbocycles. The van der Waals surface area contributed by atoms with Crippen molar-refractivity contribution in [3.05, 3.63) is 68.2 Å². The van der Waals surface area contributed by atoms with Crippen LogP contribution in [0, 0.1) is 0 Å². The first-order valence-electron chi connectivity index (χ1n) is 11.3. The third-order valence-corrected chi connectivity index (χ3v) is 6.67. The van der Waals surface area contributed by atoms with Gasteiger partial charge in [0.15, 0.2) is 5.13 Å². The van der Waals surface area contributed by atoms with Crippen molar-refractivity contribution in [3.63, 3.8) is 0 Å². The summed E-state index contributed by atoms with van der Waals surface area (Å²) in [5, 5.41) is 14.3. The van der Waals surface area contributed by atoms with E-state index in [9.17, 15) is 9.59 Å². The van der Waals surface area contributed by atoms with Crippen molar-refractivity contribution in [1.29, 1.82) is 0 Å². The third kappa shape index (κ3) is 7.23. The summed E-state index contributed by atoms with van der Waals surface area (Å²) in [6, 6.07) is 8.68. The molecule has 0 atom stereocenters. The number of carbonyl (C=O) groups excluding carboxylic acids is 1. The van der Waals surface area contributed by atoms with E-state index < -0.39 is 11.9 Å². The Balaban J connectivity index is 1.79. The molecule has 0 aliphatic heterocycles. The number of aliphatic carboxylic acids is 1. The van der Waals surface area contributed by atoms with Crippen LogP contribution in [0.5, 0.6) is 5.75 Å². The van der Waals surface area contributed by atoms with E-state index in [1.807, 2.05) is 30.5 Å². The van der Waals surface area contributed by atoms with Gasteiger partial charge in [-0.2, -0.15) is 0 Å². The van der Waals surface area contributed by atoms with Gasteiger partial charge < -0.3 is 19.3 Å². The normalized spacial score (nSPS) is 11.3. The lowest BCUT2D eigenvalue weighted by molar-refractivity contribution is -0.135. The molecular formula is C26H26Cl2N2O6S. The molecule has 0 bridgehead atoms. The minimum atomic E-state index is -1.27. The Hall–Kier alpha value is -3.11. The largest absolute Gasteiger partial charge is 0.496 e. The molecule has 37 heavy (non-hydrogen) atoms. The summed E-state index contributed by atoms with van der Waals surface area (Å²) in [6.07, 6.45) is 2.87. The smallest absolute Gasteiger partial charge is 0.371 e. The number of aromatic nitrogens is 1. The molecule has 1 heterocycles. The van der Waals surface area contributed by atoms with Gasteiger partial charge in [0.1, 0.15) is 5.75 Å². The van der Waals surface area contributed by atoms with Crippen LogP contribution in [-0.4, -0.2) is 49.4 Å². The summed E-state index contributed by atoms with van der Waals surface area (Å²) in [5.74, 6) is -1.35. The average molecular weight is 565 g/mol. The molecule has 8 nitrogen and oxygen atoms in total. The topological polar surface area (TPSA) is 107 Å². The maximum atomic E-state index is 12.9. The number of rotatable bonds is 12. The van der Waals surface area contributed by atoms with Gasteiger partial charge in [0.25, 0.3) is 5.91 Å². The van der Waals surface area contributed by atoms with Crippen molar-refractivity contribution in [1.82, 2.24) is 4.98 Å². The molecule has 2 aromatic carbocycles. The fraction of sp³-hybridized carbons (Fsp3) is 0.269. The molecule has 2 N–H and O–H groups in total. The molecule has 0 aliphatic carbocycles. The van der Waals surface area contributed by atoms with Crippen LogP contribution in [0.15, 0.2) is 41.5 Å². The maximum absolute atomic E-state index is 12.9. The highest BCUT2D eigenvalue weighted by atomic mass is 35.5. The molecule has 1 aromatic heterocycles. The Labute approximate surface area is 228 Å². The van der Waals surface area contributed by atoms with Crippen LogP contribution in [0.4, 0.5) is 5.13 Å². The monoisotopic (exact) mass is 564 g/mol. The van der Waals surface area contributed by atoms with Crippen molar-refractivity contribution in [2.24, 2.45) is 0 Å². The van der Waals surface area contributed by atoms with Crippen LogP contribution < -0.4 is 10.1 Å². The number of nitrogens with zero attached hydrogens (tertiary/aromatic N) is 1. The fourth-order valence-electron chi connectivity index (χ4n) is 3.55. The average Bonchev–Trinajstić information content (AvgIpc) is 3.34. The zero-order valence-electron chi connectivity index (χ0n) is 20.5. The van der Waals surface area contributed by atoms with Crippen molar-refractivity contribution in [3.8, 4) is 17.0 Å². The number of aryl methyl sites for hydroxylation is 1. The summed E-state index contributed by atoms with van der Waals surface area (Å²) in [5.41, 5.74) is 2.95. The number of hydrogen-bond acceptors (Lipinski definition) is 7. The predicted molar refractivity (Wildman–Crippen MR) is 146 cm³/mol. The summed E-state index contributed by atoms with van der Waals surface area (Å²) in [7, 11) is 2.85. The van der Waals surface area contributed by atoms with Crippen LogP contribution >= 0.6 is 34.5 Å². The van der Waals surface area contributed by atoms with Gasteiger partial charge in [-0.1, -0.05) is 35.3 Å². The second-order valence-electron chi connectivity index (χ2n) is 7.66. The number of carboxylic acids is 1. The van der Waals surface area contributed by atoms with Gasteiger partial charge in [-0.15, -0.1) is 11.3 Å². The molecule has 3 aromatic rings. The minimum absolute atomic E-state index is 0.0964. The second-order valence-corrected chi connectivity index (χ2v) is 9.33. The number of ether oxygens (including phenoxy) is 3. The Kier molecular flexibility index (Phi) is 10.3. The number of hydrogen-bond donors (Lipinski definition) is 2. The van der Waals surface area contributed by atoms with E-state index in [-0.39, 0.29) is 26.9 Å². The zero-order chi connectivity index (χ0) is 26.9. The van der Waals surface area contributed by atoms with Gasteiger partial charge in [-0.05, 0) is 49.6 Å². The first-order chi connectivity index (χ1) is 17.8. The molecule has 3 rings (SSSR count). The van der Waals surface area contributed by atoms with Crippen LogP contribution in [0.25, 0.3) is 17.3 Å². The standard InChI is InChI=1S/C26H26Cl2N2O6S/c1-4-36-10-6-8-15-7-5-9-17(23(15)35-3)21-14-37-26(29-21)30-24(31)16-11-19(27)18(20(28)12-16)13-22(34-2)25(32)33/h5,7,9,11-14H,4,6,8,10H2,1-3H3,(H,32,33)(H,29,30,31). The first kappa shape index (κ1) is 28.5. The van der Waals surface area contributed by atoms with Gasteiger partial charge in [-0.25, -0.2) is 9.78 Å². The fourth-order valence-corrected chi connectivity index (χ4v) is 4.85. The number of nitrogens with one attached hydrogen (secondary N) is 1. The Morgan fingerprint density at radius 1 is 1.19 bits per heavy atom. The maximum Gasteiger partial charge on any atom is 0.371 e. The van der Waals surface area contributed by atoms with Gasteiger partial charge in [0, 0.05) is 35.3 Å². The van der Waals surface area contributed by atoms with E-state index in [1.54, 1.807) is 7.11 Å². The van der Waals surface area contributed by atoms with Crippen LogP contribution in [0.3, 0.4) is 0 Å². The van der Waals surface area contributed by atoms with E-state index in [2.05, 4.69) is 10.3 Å². The summed E-state index contributed by atoms with van der Waals surface area (Å²) in [4.78, 5) is 28.6. The molecule has 0 aliphatic rings. The van der Waals surface area contributed by atoms with Gasteiger partial charge in [0.05, 0.1) is 30.0 Å². The van der Waals surface area contributed by atoms with E-state index >= 15 is 0 Å². The number of carboxylic acid groups (broad SMARTS) is 1. The predicted octanol–water partition coefficient (Wildman–Crippen LogP) is 6.42. The van der Waals surface area contributed by atoms with Crippen molar-refractivity contribution in [2.75, 3.05) is 32.8 Å². The molecule has 0 saturated heterocycles. The van der Waals surface area contributed by atoms with Crippen LogP contribution in [-0.2, 0) is 20.7 Å². The number of halogens is 2. The first-order valence-corrected chi connectivity index (χ1v) is 12.9. The summed E-state index contributed by atoms with van der Waals surface area (Å²) >= 11 is 13.8. The second kappa shape index (κ2) is 13.4. The Bertz CT molecular complexity index is 1280. The number of anilines is 1. The van der Waals surface area contributed by atoms with Gasteiger partial charge in [0.2, 0.25) is 5.76 Å². The number of methoxy groups -OCH3 is 2. The van der Waals surface area contributed by atoms with Gasteiger partial charge >= 0.3 is 5.97 Å². The summed E-state index contributed by atoms with van der Waals surface area (Å²) in [6.45, 7) is 3.33. The molecule has 196 valence electrons. The van der Waals surface area contributed by atoms with E-state index in [0.717, 1.165) is 29.7 Å². The highest BCUT2D eigenvalue weighted by Crippen LogP contribution is 2.36. The lowest BCUT2D eigenvalue weighted by Gasteiger charge is -2.12. The minimum Gasteiger partial charge on any atom is -0.496 e. The number of benzene rings is 2. The van der Waals surface area contributed by atoms with E-state index in [0.29, 0.717) is 24.0 Å². The highest BCUT2D eigenvalue weighted by molar-refractivity contribution is 7.14. The molecule has 1 amide bonds. The van der Waals surface area contributed by atoms with Crippen molar-refractivity contribution >= 4 is 57.6 Å². The SMILES string of the molecule is CCOCCCc1cccc(-c2csc(NC(=O)c3cc(Cl)c(C=C(OC)C(=O)O)c(Cl)c3)n2)c1OC. The lowest BCUT2D eigenvalue weighted by Crippen LogP contribution is -2.12. The molecule has 0 radical (unpaired) electrons. The molecule has 0 fully saturated rings. The number of para-hydroxylation sites is 1. The Morgan fingerprint density at radius 3 is 2.54 bits per heavy atom. The summed E-state index contributed by atoms with van der Waals surface area (Å²) < 4.78 is 15.9.